The van der Waals surface area contributed by atoms with Crippen molar-refractivity contribution >= 4 is 16.7 Å². The smallest absolute Gasteiger partial charge is 0.312 e. The second kappa shape index (κ2) is 6.35. The van der Waals surface area contributed by atoms with Gasteiger partial charge in [0.2, 0.25) is 0 Å². The topological polar surface area (TPSA) is 26.3 Å². The normalized spacial score (nSPS) is 14.7. The number of hydrogen-bond acceptors (Lipinski definition) is 2. The van der Waals surface area contributed by atoms with Gasteiger partial charge in [-0.3, -0.25) is 4.79 Å². The summed E-state index contributed by atoms with van der Waals surface area (Å²) >= 11 is 0. The molecule has 0 spiro atoms. The van der Waals surface area contributed by atoms with Crippen molar-refractivity contribution < 1.29 is 9.53 Å². The molecule has 0 saturated heterocycles. The standard InChI is InChI=1S/C21H28O2/c1-7-21(6,23-19(22)20(4,5)15(2)3)18-13-12-16-10-8-9-11-17(16)14-18/h8-15H,7H2,1-6H3. The summed E-state index contributed by atoms with van der Waals surface area (Å²) in [6.07, 6.45) is 0.741. The third-order valence-corrected chi connectivity index (χ3v) is 5.32. The van der Waals surface area contributed by atoms with Crippen LogP contribution in [0.25, 0.3) is 10.8 Å². The Morgan fingerprint density at radius 1 is 1.04 bits per heavy atom. The van der Waals surface area contributed by atoms with Gasteiger partial charge in [-0.15, -0.1) is 0 Å². The van der Waals surface area contributed by atoms with Crippen LogP contribution < -0.4 is 0 Å². The zero-order chi connectivity index (χ0) is 17.3. The van der Waals surface area contributed by atoms with Crippen molar-refractivity contribution in [2.75, 3.05) is 0 Å². The van der Waals surface area contributed by atoms with Crippen molar-refractivity contribution in [3.8, 4) is 0 Å². The molecule has 0 bridgehead atoms. The van der Waals surface area contributed by atoms with E-state index in [1.165, 1.54) is 10.8 Å². The summed E-state index contributed by atoms with van der Waals surface area (Å²) in [6.45, 7) is 12.1. The van der Waals surface area contributed by atoms with Crippen LogP contribution in [0, 0.1) is 11.3 Å². The van der Waals surface area contributed by atoms with Crippen LogP contribution in [0.3, 0.4) is 0 Å². The molecule has 0 radical (unpaired) electrons. The first kappa shape index (κ1) is 17.5. The quantitative estimate of drug-likeness (QED) is 0.663. The van der Waals surface area contributed by atoms with E-state index in [4.69, 9.17) is 4.74 Å². The molecule has 23 heavy (non-hydrogen) atoms. The lowest BCUT2D eigenvalue weighted by molar-refractivity contribution is -0.173. The zero-order valence-electron chi connectivity index (χ0n) is 15.1. The largest absolute Gasteiger partial charge is 0.454 e. The minimum Gasteiger partial charge on any atom is -0.454 e. The molecule has 0 heterocycles. The first-order valence-corrected chi connectivity index (χ1v) is 8.43. The molecule has 2 heteroatoms. The SMILES string of the molecule is CCC(C)(OC(=O)C(C)(C)C(C)C)c1ccc2ccccc2c1. The highest BCUT2D eigenvalue weighted by Gasteiger charge is 2.38. The molecule has 2 nitrogen and oxygen atoms in total. The number of carbonyl (C=O) groups excluding carboxylic acids is 1. The summed E-state index contributed by atoms with van der Waals surface area (Å²) in [4.78, 5) is 12.7. The van der Waals surface area contributed by atoms with E-state index in [9.17, 15) is 4.79 Å². The van der Waals surface area contributed by atoms with E-state index >= 15 is 0 Å². The fourth-order valence-electron chi connectivity index (χ4n) is 2.43. The van der Waals surface area contributed by atoms with Gasteiger partial charge in [-0.1, -0.05) is 57.2 Å². The molecule has 2 aromatic carbocycles. The molecule has 0 aliphatic heterocycles. The molecule has 0 aromatic heterocycles. The zero-order valence-corrected chi connectivity index (χ0v) is 15.1. The van der Waals surface area contributed by atoms with E-state index in [-0.39, 0.29) is 11.9 Å². The second-order valence-corrected chi connectivity index (χ2v) is 7.41. The molecule has 0 fully saturated rings. The number of hydrogen-bond donors (Lipinski definition) is 0. The van der Waals surface area contributed by atoms with Gasteiger partial charge in [-0.2, -0.15) is 0 Å². The third kappa shape index (κ3) is 3.41. The van der Waals surface area contributed by atoms with Crippen LogP contribution in [0.15, 0.2) is 42.5 Å². The van der Waals surface area contributed by atoms with E-state index in [2.05, 4.69) is 51.1 Å². The van der Waals surface area contributed by atoms with Crippen LogP contribution >= 0.6 is 0 Å². The third-order valence-electron chi connectivity index (χ3n) is 5.32. The van der Waals surface area contributed by atoms with Crippen molar-refractivity contribution in [2.24, 2.45) is 11.3 Å². The maximum Gasteiger partial charge on any atom is 0.312 e. The molecule has 0 aliphatic carbocycles. The Kier molecular flexibility index (Phi) is 4.84. The average Bonchev–Trinajstić information content (AvgIpc) is 2.53. The predicted octanol–water partition coefficient (Wildman–Crippen LogP) is 5.69. The van der Waals surface area contributed by atoms with Gasteiger partial charge < -0.3 is 4.74 Å². The van der Waals surface area contributed by atoms with Crippen molar-refractivity contribution in [2.45, 2.75) is 53.6 Å². The van der Waals surface area contributed by atoms with Crippen LogP contribution in [0.2, 0.25) is 0 Å². The lowest BCUT2D eigenvalue weighted by Crippen LogP contribution is -2.38. The van der Waals surface area contributed by atoms with E-state index in [1.807, 2.05) is 32.9 Å². The molecule has 2 aromatic rings. The Bertz CT molecular complexity index is 700. The second-order valence-electron chi connectivity index (χ2n) is 7.41. The van der Waals surface area contributed by atoms with E-state index in [1.54, 1.807) is 0 Å². The number of benzene rings is 2. The Balaban J connectivity index is 2.37. The molecule has 0 aliphatic rings. The summed E-state index contributed by atoms with van der Waals surface area (Å²) in [7, 11) is 0. The Hall–Kier alpha value is -1.83. The molecular weight excluding hydrogens is 284 g/mol. The highest BCUT2D eigenvalue weighted by Crippen LogP contribution is 2.36. The monoisotopic (exact) mass is 312 g/mol. The molecule has 0 N–H and O–H groups in total. The summed E-state index contributed by atoms with van der Waals surface area (Å²) in [6, 6.07) is 14.6. The Morgan fingerprint density at radius 2 is 1.65 bits per heavy atom. The van der Waals surface area contributed by atoms with Gasteiger partial charge in [0.05, 0.1) is 5.41 Å². The van der Waals surface area contributed by atoms with Crippen molar-refractivity contribution in [3.63, 3.8) is 0 Å². The average molecular weight is 312 g/mol. The summed E-state index contributed by atoms with van der Waals surface area (Å²) in [5, 5.41) is 2.37. The number of ether oxygens (including phenoxy) is 1. The maximum atomic E-state index is 12.7. The van der Waals surface area contributed by atoms with Crippen LogP contribution in [0.1, 0.15) is 53.5 Å². The fraction of sp³-hybridized carbons (Fsp3) is 0.476. The number of fused-ring (bicyclic) bond motifs is 1. The molecule has 0 amide bonds. The maximum absolute atomic E-state index is 12.7. The first-order chi connectivity index (χ1) is 10.7. The minimum atomic E-state index is -0.604. The van der Waals surface area contributed by atoms with Crippen molar-refractivity contribution in [3.05, 3.63) is 48.0 Å². The van der Waals surface area contributed by atoms with Crippen molar-refractivity contribution in [1.29, 1.82) is 0 Å². The van der Waals surface area contributed by atoms with Gasteiger partial charge >= 0.3 is 5.97 Å². The number of carbonyl (C=O) groups is 1. The van der Waals surface area contributed by atoms with Gasteiger partial charge in [0, 0.05) is 0 Å². The molecule has 124 valence electrons. The highest BCUT2D eigenvalue weighted by molar-refractivity contribution is 5.83. The van der Waals surface area contributed by atoms with Crippen LogP contribution in [0.5, 0.6) is 0 Å². The summed E-state index contributed by atoms with van der Waals surface area (Å²) in [5.41, 5.74) is -0.0489. The lowest BCUT2D eigenvalue weighted by atomic mass is 9.81. The molecule has 1 atom stereocenters. The van der Waals surface area contributed by atoms with Gasteiger partial charge in [0.1, 0.15) is 5.60 Å². The molecule has 1 unspecified atom stereocenters. The Morgan fingerprint density at radius 3 is 2.22 bits per heavy atom. The van der Waals surface area contributed by atoms with Crippen molar-refractivity contribution in [1.82, 2.24) is 0 Å². The first-order valence-electron chi connectivity index (χ1n) is 8.43. The van der Waals surface area contributed by atoms with E-state index < -0.39 is 11.0 Å². The van der Waals surface area contributed by atoms with Gasteiger partial charge in [-0.25, -0.2) is 0 Å². The number of esters is 1. The van der Waals surface area contributed by atoms with Crippen LogP contribution in [-0.4, -0.2) is 5.97 Å². The molecular formula is C21H28O2. The van der Waals surface area contributed by atoms with Gasteiger partial charge in [0.15, 0.2) is 0 Å². The fourth-order valence-corrected chi connectivity index (χ4v) is 2.43. The van der Waals surface area contributed by atoms with Crippen LogP contribution in [0.4, 0.5) is 0 Å². The summed E-state index contributed by atoms with van der Waals surface area (Å²) in [5.74, 6) is 0.0951. The van der Waals surface area contributed by atoms with Gasteiger partial charge in [-0.05, 0) is 55.5 Å². The lowest BCUT2D eigenvalue weighted by Gasteiger charge is -2.35. The predicted molar refractivity (Wildman–Crippen MR) is 96.3 cm³/mol. The summed E-state index contributed by atoms with van der Waals surface area (Å²) < 4.78 is 6.01. The highest BCUT2D eigenvalue weighted by atomic mass is 16.6. The van der Waals surface area contributed by atoms with E-state index in [0.29, 0.717) is 0 Å². The molecule has 2 rings (SSSR count). The number of rotatable bonds is 5. The minimum absolute atomic E-state index is 0.134. The van der Waals surface area contributed by atoms with Crippen LogP contribution in [-0.2, 0) is 15.1 Å². The van der Waals surface area contributed by atoms with Gasteiger partial charge in [0.25, 0.3) is 0 Å². The Labute approximate surface area is 139 Å². The molecule has 0 saturated carbocycles. The van der Waals surface area contributed by atoms with E-state index in [0.717, 1.165) is 12.0 Å².